The van der Waals surface area contributed by atoms with Gasteiger partial charge in [-0.2, -0.15) is 0 Å². The normalized spacial score (nSPS) is 15.6. The molecule has 2 heterocycles. The van der Waals surface area contributed by atoms with Gasteiger partial charge in [-0.3, -0.25) is 10.4 Å². The van der Waals surface area contributed by atoms with Gasteiger partial charge in [0.15, 0.2) is 11.0 Å². The van der Waals surface area contributed by atoms with Crippen LogP contribution in [0.5, 0.6) is 0 Å². The van der Waals surface area contributed by atoms with Crippen LogP contribution in [0.2, 0.25) is 5.02 Å². The number of rotatable bonds is 1. The summed E-state index contributed by atoms with van der Waals surface area (Å²) in [5, 5.41) is 4.03. The molecule has 1 aliphatic heterocycles. The number of benzene rings is 2. The van der Waals surface area contributed by atoms with Gasteiger partial charge < -0.3 is 0 Å². The molecule has 0 bridgehead atoms. The first-order chi connectivity index (χ1) is 11.2. The molecule has 1 aromatic heterocycles. The number of hydrogen-bond donors (Lipinski definition) is 1. The molecule has 1 aliphatic rings. The summed E-state index contributed by atoms with van der Waals surface area (Å²) in [5.41, 5.74) is 5.69. The number of nitrogens with one attached hydrogen (secondary N) is 1. The fourth-order valence-corrected chi connectivity index (χ4v) is 3.37. The number of halogens is 1. The number of hydrazine groups is 1. The molecule has 0 saturated carbocycles. The van der Waals surface area contributed by atoms with Crippen LogP contribution in [0.3, 0.4) is 0 Å². The van der Waals surface area contributed by atoms with E-state index in [-0.39, 0.29) is 0 Å². The summed E-state index contributed by atoms with van der Waals surface area (Å²) in [6.45, 7) is 0. The average Bonchev–Trinajstić information content (AvgIpc) is 2.54. The minimum absolute atomic E-state index is 0.650. The third-order valence-electron chi connectivity index (χ3n) is 3.34. The highest BCUT2D eigenvalue weighted by Crippen LogP contribution is 2.33. The van der Waals surface area contributed by atoms with Crippen LogP contribution in [0.4, 0.5) is 11.5 Å². The van der Waals surface area contributed by atoms with Gasteiger partial charge in [0.1, 0.15) is 5.03 Å². The standard InChI is InChI=1S/C16H12ClN5S/c1-22-14-15(20-13-9-10(17)7-8-12(13)19-14)23-16(21-22)18-11-5-3-2-4-6-11/h2-9H,1H3,(H,18,21). The Morgan fingerprint density at radius 1 is 1.09 bits per heavy atom. The van der Waals surface area contributed by atoms with Gasteiger partial charge >= 0.3 is 0 Å². The highest BCUT2D eigenvalue weighted by atomic mass is 35.5. The summed E-state index contributed by atoms with van der Waals surface area (Å²) in [4.78, 5) is 13.9. The summed E-state index contributed by atoms with van der Waals surface area (Å²) in [6, 6.07) is 15.3. The fraction of sp³-hybridized carbons (Fsp3) is 0.0625. The average molecular weight is 342 g/mol. The quantitative estimate of drug-likeness (QED) is 0.724. The van der Waals surface area contributed by atoms with Crippen molar-refractivity contribution in [3.05, 3.63) is 53.6 Å². The van der Waals surface area contributed by atoms with Gasteiger partial charge in [0, 0.05) is 12.1 Å². The van der Waals surface area contributed by atoms with Crippen LogP contribution in [0.1, 0.15) is 0 Å². The van der Waals surface area contributed by atoms with E-state index in [0.29, 0.717) is 5.02 Å². The number of hydrogen-bond acceptors (Lipinski definition) is 5. The van der Waals surface area contributed by atoms with Gasteiger partial charge in [0.05, 0.1) is 16.7 Å². The molecule has 4 rings (SSSR count). The second-order valence-corrected chi connectivity index (χ2v) is 6.42. The first-order valence-corrected chi connectivity index (χ1v) is 8.18. The monoisotopic (exact) mass is 341 g/mol. The van der Waals surface area contributed by atoms with Gasteiger partial charge in [-0.25, -0.2) is 15.0 Å². The fourth-order valence-electron chi connectivity index (χ4n) is 2.27. The second-order valence-electron chi connectivity index (χ2n) is 5.01. The van der Waals surface area contributed by atoms with E-state index < -0.39 is 0 Å². The first kappa shape index (κ1) is 14.3. The first-order valence-electron chi connectivity index (χ1n) is 6.98. The molecule has 7 heteroatoms. The van der Waals surface area contributed by atoms with Crippen molar-refractivity contribution >= 4 is 51.1 Å². The molecule has 0 unspecified atom stereocenters. The Balaban J connectivity index is 1.77. The molecule has 0 fully saturated rings. The molecular weight excluding hydrogens is 330 g/mol. The van der Waals surface area contributed by atoms with Crippen molar-refractivity contribution in [2.45, 2.75) is 5.03 Å². The number of nitrogens with zero attached hydrogens (tertiary/aromatic N) is 4. The molecule has 0 amide bonds. The van der Waals surface area contributed by atoms with Gasteiger partial charge in [0.25, 0.3) is 0 Å². The zero-order chi connectivity index (χ0) is 15.8. The van der Waals surface area contributed by atoms with Gasteiger partial charge in [0.2, 0.25) is 0 Å². The predicted octanol–water partition coefficient (Wildman–Crippen LogP) is 4.02. The van der Waals surface area contributed by atoms with E-state index in [2.05, 4.69) is 20.4 Å². The van der Waals surface area contributed by atoms with E-state index in [9.17, 15) is 0 Å². The van der Waals surface area contributed by atoms with E-state index in [1.807, 2.05) is 60.6 Å². The topological polar surface area (TPSA) is 53.4 Å². The maximum Gasteiger partial charge on any atom is 0.187 e. The third kappa shape index (κ3) is 2.83. The molecule has 0 radical (unpaired) electrons. The Kier molecular flexibility index (Phi) is 3.55. The van der Waals surface area contributed by atoms with Crippen LogP contribution >= 0.6 is 23.4 Å². The molecule has 23 heavy (non-hydrogen) atoms. The van der Waals surface area contributed by atoms with E-state index >= 15 is 0 Å². The number of fused-ring (bicyclic) bond motifs is 2. The van der Waals surface area contributed by atoms with E-state index in [0.717, 1.165) is 32.7 Å². The highest BCUT2D eigenvalue weighted by molar-refractivity contribution is 8.14. The van der Waals surface area contributed by atoms with Crippen molar-refractivity contribution in [1.29, 1.82) is 0 Å². The van der Waals surface area contributed by atoms with Crippen LogP contribution in [-0.2, 0) is 0 Å². The number of aromatic nitrogens is 2. The smallest absolute Gasteiger partial charge is 0.187 e. The van der Waals surface area contributed by atoms with E-state index in [1.165, 1.54) is 11.8 Å². The Bertz CT molecular complexity index is 913. The Labute approximate surface area is 142 Å². The van der Waals surface area contributed by atoms with Crippen LogP contribution < -0.4 is 10.4 Å². The lowest BCUT2D eigenvalue weighted by atomic mass is 10.3. The predicted molar refractivity (Wildman–Crippen MR) is 95.5 cm³/mol. The summed E-state index contributed by atoms with van der Waals surface area (Å²) in [6.07, 6.45) is 0. The number of para-hydroxylation sites is 1. The third-order valence-corrected chi connectivity index (χ3v) is 4.42. The summed E-state index contributed by atoms with van der Waals surface area (Å²) >= 11 is 7.50. The minimum Gasteiger partial charge on any atom is -0.275 e. The van der Waals surface area contributed by atoms with Crippen molar-refractivity contribution in [2.24, 2.45) is 4.99 Å². The lowest BCUT2D eigenvalue weighted by molar-refractivity contribution is 0.832. The van der Waals surface area contributed by atoms with Gasteiger partial charge in [-0.1, -0.05) is 29.8 Å². The molecule has 0 saturated heterocycles. The van der Waals surface area contributed by atoms with Crippen molar-refractivity contribution in [3.63, 3.8) is 0 Å². The van der Waals surface area contributed by atoms with Crippen molar-refractivity contribution in [1.82, 2.24) is 15.4 Å². The summed E-state index contributed by atoms with van der Waals surface area (Å²) in [5.74, 6) is 0.775. The molecule has 1 N–H and O–H groups in total. The lowest BCUT2D eigenvalue weighted by Gasteiger charge is -2.27. The Morgan fingerprint density at radius 3 is 2.74 bits per heavy atom. The SMILES string of the molecule is CN1NC(=Nc2ccccc2)Sc2nc3cc(Cl)ccc3nc21. The number of thioether (sulfide) groups is 1. The largest absolute Gasteiger partial charge is 0.275 e. The van der Waals surface area contributed by atoms with Crippen molar-refractivity contribution < 1.29 is 0 Å². The minimum atomic E-state index is 0.650. The Morgan fingerprint density at radius 2 is 1.91 bits per heavy atom. The van der Waals surface area contributed by atoms with Crippen LogP contribution in [0.15, 0.2) is 58.5 Å². The number of aliphatic imine (C=N–C) groups is 1. The molecule has 114 valence electrons. The molecule has 5 nitrogen and oxygen atoms in total. The second kappa shape index (κ2) is 5.72. The molecule has 0 atom stereocenters. The zero-order valence-electron chi connectivity index (χ0n) is 12.2. The van der Waals surface area contributed by atoms with Crippen LogP contribution in [0.25, 0.3) is 11.0 Å². The Hall–Kier alpha value is -2.31. The van der Waals surface area contributed by atoms with Crippen LogP contribution in [0, 0.1) is 0 Å². The number of amidine groups is 1. The number of anilines is 1. The molecule has 0 spiro atoms. The molecule has 3 aromatic rings. The highest BCUT2D eigenvalue weighted by Gasteiger charge is 2.22. The molecule has 0 aliphatic carbocycles. The van der Waals surface area contributed by atoms with E-state index in [4.69, 9.17) is 11.6 Å². The van der Waals surface area contributed by atoms with Crippen LogP contribution in [-0.4, -0.2) is 22.2 Å². The maximum atomic E-state index is 6.05. The summed E-state index contributed by atoms with van der Waals surface area (Å²) < 4.78 is 0. The van der Waals surface area contributed by atoms with Crippen molar-refractivity contribution in [3.8, 4) is 0 Å². The lowest BCUT2D eigenvalue weighted by Crippen LogP contribution is -2.41. The van der Waals surface area contributed by atoms with Gasteiger partial charge in [-0.05, 0) is 42.1 Å². The maximum absolute atomic E-state index is 6.05. The zero-order valence-corrected chi connectivity index (χ0v) is 13.8. The van der Waals surface area contributed by atoms with Crippen molar-refractivity contribution in [2.75, 3.05) is 12.1 Å². The molecular formula is C16H12ClN5S. The van der Waals surface area contributed by atoms with E-state index in [1.54, 1.807) is 0 Å². The van der Waals surface area contributed by atoms with Gasteiger partial charge in [-0.15, -0.1) is 0 Å². The summed E-state index contributed by atoms with van der Waals surface area (Å²) in [7, 11) is 1.90. The molecule has 2 aromatic carbocycles.